The second-order valence-corrected chi connectivity index (χ2v) is 4.25. The monoisotopic (exact) mass is 246 g/mol. The van der Waals surface area contributed by atoms with Crippen LogP contribution in [0.15, 0.2) is 34.9 Å². The van der Waals surface area contributed by atoms with Gasteiger partial charge in [-0.15, -0.1) is 0 Å². The van der Waals surface area contributed by atoms with Crippen LogP contribution in [0.3, 0.4) is 0 Å². The summed E-state index contributed by atoms with van der Waals surface area (Å²) in [6.07, 6.45) is 0. The molecule has 0 aliphatic rings. The topological polar surface area (TPSA) is 75.4 Å². The highest BCUT2D eigenvalue weighted by Gasteiger charge is 2.14. The molecule has 5 nitrogen and oxygen atoms in total. The van der Waals surface area contributed by atoms with E-state index in [0.29, 0.717) is 5.76 Å². The first kappa shape index (κ1) is 12.2. The summed E-state index contributed by atoms with van der Waals surface area (Å²) >= 11 is 0. The predicted molar refractivity (Wildman–Crippen MR) is 66.2 cm³/mol. The molecule has 5 heteroatoms. The van der Waals surface area contributed by atoms with Gasteiger partial charge in [0.2, 0.25) is 0 Å². The van der Waals surface area contributed by atoms with Crippen LogP contribution in [0.25, 0.3) is 11.3 Å². The van der Waals surface area contributed by atoms with Crippen LogP contribution >= 0.6 is 0 Å². The van der Waals surface area contributed by atoms with Crippen LogP contribution in [0, 0.1) is 0 Å². The van der Waals surface area contributed by atoms with Gasteiger partial charge in [-0.3, -0.25) is 4.79 Å². The number of phenolic OH excluding ortho intramolecular Hbond substituents is 1. The lowest BCUT2D eigenvalue weighted by molar-refractivity contribution is 0.0934. The molecule has 0 aliphatic carbocycles. The Hall–Kier alpha value is -2.30. The van der Waals surface area contributed by atoms with Crippen molar-refractivity contribution in [3.63, 3.8) is 0 Å². The maximum Gasteiger partial charge on any atom is 0.273 e. The highest BCUT2D eigenvalue weighted by molar-refractivity contribution is 5.93. The van der Waals surface area contributed by atoms with Crippen molar-refractivity contribution in [1.29, 1.82) is 0 Å². The summed E-state index contributed by atoms with van der Waals surface area (Å²) in [6, 6.07) is 8.10. The normalized spacial score (nSPS) is 10.6. The molecule has 0 saturated heterocycles. The van der Waals surface area contributed by atoms with Crippen molar-refractivity contribution < 1.29 is 14.4 Å². The van der Waals surface area contributed by atoms with Crippen LogP contribution in [-0.4, -0.2) is 22.2 Å². The van der Waals surface area contributed by atoms with Crippen molar-refractivity contribution in [2.75, 3.05) is 0 Å². The van der Waals surface area contributed by atoms with Gasteiger partial charge in [-0.2, -0.15) is 0 Å². The summed E-state index contributed by atoms with van der Waals surface area (Å²) in [6.45, 7) is 3.75. The van der Waals surface area contributed by atoms with E-state index < -0.39 is 0 Å². The zero-order valence-electron chi connectivity index (χ0n) is 10.2. The quantitative estimate of drug-likeness (QED) is 0.870. The Morgan fingerprint density at radius 2 is 2.00 bits per heavy atom. The minimum Gasteiger partial charge on any atom is -0.508 e. The number of aromatic hydroxyl groups is 1. The van der Waals surface area contributed by atoms with Gasteiger partial charge < -0.3 is 14.9 Å². The molecule has 0 spiro atoms. The van der Waals surface area contributed by atoms with Crippen molar-refractivity contribution in [3.8, 4) is 17.1 Å². The van der Waals surface area contributed by atoms with Crippen molar-refractivity contribution >= 4 is 5.91 Å². The van der Waals surface area contributed by atoms with E-state index in [9.17, 15) is 9.90 Å². The zero-order chi connectivity index (χ0) is 13.1. The number of carbonyl (C=O) groups is 1. The van der Waals surface area contributed by atoms with E-state index in [1.165, 1.54) is 0 Å². The predicted octanol–water partition coefficient (Wildman–Crippen LogP) is 2.19. The average Bonchev–Trinajstić information content (AvgIpc) is 2.78. The van der Waals surface area contributed by atoms with Gasteiger partial charge in [-0.05, 0) is 38.1 Å². The summed E-state index contributed by atoms with van der Waals surface area (Å²) in [5, 5.41) is 15.6. The summed E-state index contributed by atoms with van der Waals surface area (Å²) in [5.41, 5.74) is 0.996. The molecule has 0 saturated carbocycles. The highest BCUT2D eigenvalue weighted by Crippen LogP contribution is 2.22. The third-order valence-corrected chi connectivity index (χ3v) is 2.31. The molecule has 1 aromatic carbocycles. The molecule has 0 radical (unpaired) electrons. The molecule has 0 bridgehead atoms. The third-order valence-electron chi connectivity index (χ3n) is 2.31. The minimum absolute atomic E-state index is 0.0475. The lowest BCUT2D eigenvalue weighted by Crippen LogP contribution is -2.30. The number of hydrogen-bond donors (Lipinski definition) is 2. The van der Waals surface area contributed by atoms with Crippen molar-refractivity contribution in [3.05, 3.63) is 36.0 Å². The molecule has 2 N–H and O–H groups in total. The average molecular weight is 246 g/mol. The van der Waals surface area contributed by atoms with E-state index in [0.717, 1.165) is 5.56 Å². The van der Waals surface area contributed by atoms with Crippen LogP contribution in [0.4, 0.5) is 0 Å². The number of nitrogens with one attached hydrogen (secondary N) is 1. The maximum atomic E-state index is 11.7. The van der Waals surface area contributed by atoms with Gasteiger partial charge >= 0.3 is 0 Å². The Balaban J connectivity index is 2.20. The molecule has 0 aliphatic heterocycles. The van der Waals surface area contributed by atoms with E-state index in [1.807, 2.05) is 13.8 Å². The van der Waals surface area contributed by atoms with Crippen LogP contribution in [-0.2, 0) is 0 Å². The fourth-order valence-corrected chi connectivity index (χ4v) is 1.48. The Labute approximate surface area is 104 Å². The first-order valence-electron chi connectivity index (χ1n) is 5.63. The number of phenols is 1. The second-order valence-electron chi connectivity index (χ2n) is 4.25. The van der Waals surface area contributed by atoms with Gasteiger partial charge in [0.05, 0.1) is 0 Å². The van der Waals surface area contributed by atoms with Gasteiger partial charge in [0.25, 0.3) is 5.91 Å². The van der Waals surface area contributed by atoms with Gasteiger partial charge in [0, 0.05) is 17.7 Å². The number of carbonyl (C=O) groups excluding carboxylic acids is 1. The van der Waals surface area contributed by atoms with E-state index in [-0.39, 0.29) is 23.4 Å². The van der Waals surface area contributed by atoms with Crippen LogP contribution in [0.2, 0.25) is 0 Å². The molecule has 1 aromatic heterocycles. The molecule has 2 rings (SSSR count). The number of rotatable bonds is 3. The smallest absolute Gasteiger partial charge is 0.273 e. The third kappa shape index (κ3) is 2.68. The molecule has 0 fully saturated rings. The van der Waals surface area contributed by atoms with Crippen LogP contribution < -0.4 is 5.32 Å². The van der Waals surface area contributed by atoms with Crippen molar-refractivity contribution in [2.24, 2.45) is 0 Å². The molecule has 0 unspecified atom stereocenters. The Bertz CT molecular complexity index is 544. The highest BCUT2D eigenvalue weighted by atomic mass is 16.5. The summed E-state index contributed by atoms with van der Waals surface area (Å²) in [4.78, 5) is 11.7. The van der Waals surface area contributed by atoms with Gasteiger partial charge in [0.15, 0.2) is 11.5 Å². The first-order valence-corrected chi connectivity index (χ1v) is 5.63. The molecular formula is C13H14N2O3. The summed E-state index contributed by atoms with van der Waals surface area (Å²) < 4.78 is 5.10. The zero-order valence-corrected chi connectivity index (χ0v) is 10.2. The largest absolute Gasteiger partial charge is 0.508 e. The number of amides is 1. The van der Waals surface area contributed by atoms with Gasteiger partial charge in [-0.1, -0.05) is 5.16 Å². The van der Waals surface area contributed by atoms with Crippen LogP contribution in [0.1, 0.15) is 24.3 Å². The number of benzene rings is 1. The van der Waals surface area contributed by atoms with Crippen molar-refractivity contribution in [2.45, 2.75) is 19.9 Å². The summed E-state index contributed by atoms with van der Waals surface area (Å²) in [5.74, 6) is 0.402. The molecule has 2 aromatic rings. The molecule has 0 atom stereocenters. The molecule has 1 heterocycles. The SMILES string of the molecule is CC(C)NC(=O)c1cc(-c2ccc(O)cc2)on1. The summed E-state index contributed by atoms with van der Waals surface area (Å²) in [7, 11) is 0. The number of aromatic nitrogens is 1. The van der Waals surface area contributed by atoms with E-state index in [4.69, 9.17) is 4.52 Å². The second kappa shape index (κ2) is 4.91. The van der Waals surface area contributed by atoms with Gasteiger partial charge in [-0.25, -0.2) is 0 Å². The fraction of sp³-hybridized carbons (Fsp3) is 0.231. The standard InChI is InChI=1S/C13H14N2O3/c1-8(2)14-13(17)11-7-12(18-15-11)9-3-5-10(16)6-4-9/h3-8,16H,1-2H3,(H,14,17). The molecular weight excluding hydrogens is 232 g/mol. The fourth-order valence-electron chi connectivity index (χ4n) is 1.48. The van der Waals surface area contributed by atoms with Crippen molar-refractivity contribution in [1.82, 2.24) is 10.5 Å². The lowest BCUT2D eigenvalue weighted by atomic mass is 10.1. The van der Waals surface area contributed by atoms with E-state index in [1.54, 1.807) is 30.3 Å². The molecule has 1 amide bonds. The number of nitrogens with zero attached hydrogens (tertiary/aromatic N) is 1. The maximum absolute atomic E-state index is 11.7. The molecule has 94 valence electrons. The van der Waals surface area contributed by atoms with E-state index >= 15 is 0 Å². The lowest BCUT2D eigenvalue weighted by Gasteiger charge is -2.04. The Morgan fingerprint density at radius 1 is 1.33 bits per heavy atom. The van der Waals surface area contributed by atoms with Gasteiger partial charge in [0.1, 0.15) is 5.75 Å². The number of hydrogen-bond acceptors (Lipinski definition) is 4. The molecule has 18 heavy (non-hydrogen) atoms. The van der Waals surface area contributed by atoms with E-state index in [2.05, 4.69) is 10.5 Å². The first-order chi connectivity index (χ1) is 8.56. The van der Waals surface area contributed by atoms with Crippen LogP contribution in [0.5, 0.6) is 5.75 Å². The minimum atomic E-state index is -0.265. The Kier molecular flexibility index (Phi) is 3.32. The Morgan fingerprint density at radius 3 is 2.61 bits per heavy atom.